The smallest absolute Gasteiger partial charge is 0.262 e. The maximum atomic E-state index is 13.4. The molecule has 152 valence electrons. The standard InChI is InChI=1S/C21H21F2N3O3/c22-16-3-1-13(9-17(16)23)11-26-7-5-15(6-8-26)24-21(28)14-2-4-18-19(10-14)29-12-20(27)25-18/h1-4,9-10,15H,5-8,11-12H2,(H,24,28)(H,25,27). The number of ether oxygens (including phenoxy) is 1. The predicted octanol–water partition coefficient (Wildman–Crippen LogP) is 2.69. The van der Waals surface area contributed by atoms with Gasteiger partial charge in [0, 0.05) is 31.2 Å². The summed E-state index contributed by atoms with van der Waals surface area (Å²) in [5, 5.41) is 5.73. The molecule has 0 bridgehead atoms. The molecule has 2 aliphatic rings. The Morgan fingerprint density at radius 3 is 2.69 bits per heavy atom. The first-order valence-electron chi connectivity index (χ1n) is 9.52. The number of rotatable bonds is 4. The molecule has 1 saturated heterocycles. The maximum absolute atomic E-state index is 13.4. The average molecular weight is 401 g/mol. The lowest BCUT2D eigenvalue weighted by Gasteiger charge is -2.32. The fourth-order valence-corrected chi connectivity index (χ4v) is 3.62. The van der Waals surface area contributed by atoms with E-state index in [0.717, 1.165) is 37.6 Å². The second-order valence-corrected chi connectivity index (χ2v) is 7.32. The van der Waals surface area contributed by atoms with Gasteiger partial charge in [-0.1, -0.05) is 6.07 Å². The molecule has 2 N–H and O–H groups in total. The fraction of sp³-hybridized carbons (Fsp3) is 0.333. The van der Waals surface area contributed by atoms with Crippen molar-refractivity contribution in [1.29, 1.82) is 0 Å². The number of hydrogen-bond donors (Lipinski definition) is 2. The van der Waals surface area contributed by atoms with Gasteiger partial charge in [-0.25, -0.2) is 8.78 Å². The molecule has 2 heterocycles. The van der Waals surface area contributed by atoms with Crippen molar-refractivity contribution in [1.82, 2.24) is 10.2 Å². The Morgan fingerprint density at radius 1 is 1.14 bits per heavy atom. The van der Waals surface area contributed by atoms with Crippen LogP contribution in [0.5, 0.6) is 5.75 Å². The number of nitrogens with zero attached hydrogens (tertiary/aromatic N) is 1. The molecular weight excluding hydrogens is 380 g/mol. The van der Waals surface area contributed by atoms with E-state index in [1.54, 1.807) is 24.3 Å². The number of amides is 2. The highest BCUT2D eigenvalue weighted by molar-refractivity contribution is 5.99. The maximum Gasteiger partial charge on any atom is 0.262 e. The minimum atomic E-state index is -0.842. The number of piperidine rings is 1. The zero-order valence-electron chi connectivity index (χ0n) is 15.7. The van der Waals surface area contributed by atoms with E-state index in [9.17, 15) is 18.4 Å². The van der Waals surface area contributed by atoms with Gasteiger partial charge in [0.15, 0.2) is 18.2 Å². The van der Waals surface area contributed by atoms with Crippen LogP contribution in [0.25, 0.3) is 0 Å². The van der Waals surface area contributed by atoms with Crippen LogP contribution >= 0.6 is 0 Å². The number of likely N-dealkylation sites (tertiary alicyclic amines) is 1. The Labute approximate surface area is 166 Å². The Hall–Kier alpha value is -3.00. The SMILES string of the molecule is O=C1COc2cc(C(=O)NC3CCN(Cc4ccc(F)c(F)c4)CC3)ccc2N1. The lowest BCUT2D eigenvalue weighted by molar-refractivity contribution is -0.118. The Bertz CT molecular complexity index is 943. The highest BCUT2D eigenvalue weighted by Gasteiger charge is 2.23. The van der Waals surface area contributed by atoms with Gasteiger partial charge >= 0.3 is 0 Å². The van der Waals surface area contributed by atoms with Crippen LogP contribution in [0.2, 0.25) is 0 Å². The molecule has 0 saturated carbocycles. The molecule has 2 aliphatic heterocycles. The molecular formula is C21H21F2N3O3. The first-order chi connectivity index (χ1) is 14.0. The number of hydrogen-bond acceptors (Lipinski definition) is 4. The molecule has 0 radical (unpaired) electrons. The zero-order valence-corrected chi connectivity index (χ0v) is 15.7. The molecule has 2 aromatic rings. The van der Waals surface area contributed by atoms with E-state index in [1.807, 2.05) is 0 Å². The van der Waals surface area contributed by atoms with E-state index in [-0.39, 0.29) is 24.5 Å². The molecule has 2 amide bonds. The summed E-state index contributed by atoms with van der Waals surface area (Å²) in [6, 6.07) is 8.94. The summed E-state index contributed by atoms with van der Waals surface area (Å²) in [7, 11) is 0. The van der Waals surface area contributed by atoms with Crippen molar-refractivity contribution in [3.8, 4) is 5.75 Å². The molecule has 29 heavy (non-hydrogen) atoms. The number of halogens is 2. The number of carbonyl (C=O) groups is 2. The van der Waals surface area contributed by atoms with E-state index < -0.39 is 11.6 Å². The highest BCUT2D eigenvalue weighted by atomic mass is 19.2. The van der Waals surface area contributed by atoms with Gasteiger partial charge in [0.25, 0.3) is 11.8 Å². The van der Waals surface area contributed by atoms with Gasteiger partial charge in [-0.15, -0.1) is 0 Å². The van der Waals surface area contributed by atoms with Crippen LogP contribution in [0.15, 0.2) is 36.4 Å². The van der Waals surface area contributed by atoms with Gasteiger partial charge < -0.3 is 15.4 Å². The van der Waals surface area contributed by atoms with Crippen molar-refractivity contribution in [2.24, 2.45) is 0 Å². The molecule has 4 rings (SSSR count). The number of benzene rings is 2. The van der Waals surface area contributed by atoms with Crippen LogP contribution < -0.4 is 15.4 Å². The Kier molecular flexibility index (Phi) is 5.44. The van der Waals surface area contributed by atoms with Gasteiger partial charge in [0.2, 0.25) is 0 Å². The number of fused-ring (bicyclic) bond motifs is 1. The summed E-state index contributed by atoms with van der Waals surface area (Å²) in [6.45, 7) is 1.99. The minimum absolute atomic E-state index is 0.0420. The average Bonchev–Trinajstić information content (AvgIpc) is 2.72. The first kappa shape index (κ1) is 19.3. The van der Waals surface area contributed by atoms with Crippen molar-refractivity contribution in [3.05, 3.63) is 59.2 Å². The summed E-state index contributed by atoms with van der Waals surface area (Å²) in [4.78, 5) is 26.0. The normalized spacial score (nSPS) is 17.2. The third-order valence-corrected chi connectivity index (χ3v) is 5.19. The molecule has 8 heteroatoms. The summed E-state index contributed by atoms with van der Waals surface area (Å²) < 4.78 is 31.8. The van der Waals surface area contributed by atoms with Crippen molar-refractivity contribution >= 4 is 17.5 Å². The minimum Gasteiger partial charge on any atom is -0.482 e. The van der Waals surface area contributed by atoms with Crippen LogP contribution in [0.1, 0.15) is 28.8 Å². The summed E-state index contributed by atoms with van der Waals surface area (Å²) in [6.07, 6.45) is 1.54. The van der Waals surface area contributed by atoms with Crippen molar-refractivity contribution in [3.63, 3.8) is 0 Å². The molecule has 6 nitrogen and oxygen atoms in total. The summed E-state index contributed by atoms with van der Waals surface area (Å²) >= 11 is 0. The summed E-state index contributed by atoms with van der Waals surface area (Å²) in [5.74, 6) is -1.60. The first-order valence-corrected chi connectivity index (χ1v) is 9.52. The molecule has 0 aromatic heterocycles. The zero-order chi connectivity index (χ0) is 20.4. The summed E-state index contributed by atoms with van der Waals surface area (Å²) in [5.41, 5.74) is 1.76. The largest absolute Gasteiger partial charge is 0.482 e. The highest BCUT2D eigenvalue weighted by Crippen LogP contribution is 2.28. The number of anilines is 1. The number of carbonyl (C=O) groups excluding carboxylic acids is 2. The molecule has 1 fully saturated rings. The van der Waals surface area contributed by atoms with Crippen LogP contribution in [0.3, 0.4) is 0 Å². The second-order valence-electron chi connectivity index (χ2n) is 7.32. The molecule has 2 aromatic carbocycles. The topological polar surface area (TPSA) is 70.7 Å². The molecule has 0 atom stereocenters. The lowest BCUT2D eigenvalue weighted by atomic mass is 10.0. The van der Waals surface area contributed by atoms with Crippen LogP contribution in [0.4, 0.5) is 14.5 Å². The van der Waals surface area contributed by atoms with Gasteiger partial charge in [-0.3, -0.25) is 14.5 Å². The van der Waals surface area contributed by atoms with Crippen molar-refractivity contribution in [2.75, 3.05) is 25.0 Å². The fourth-order valence-electron chi connectivity index (χ4n) is 3.62. The molecule has 0 aliphatic carbocycles. The molecule has 0 unspecified atom stereocenters. The quantitative estimate of drug-likeness (QED) is 0.827. The van der Waals surface area contributed by atoms with Gasteiger partial charge in [0.05, 0.1) is 5.69 Å². The van der Waals surface area contributed by atoms with E-state index in [1.165, 1.54) is 6.07 Å². The third-order valence-electron chi connectivity index (χ3n) is 5.19. The van der Waals surface area contributed by atoms with Crippen molar-refractivity contribution in [2.45, 2.75) is 25.4 Å². The van der Waals surface area contributed by atoms with E-state index >= 15 is 0 Å². The molecule has 0 spiro atoms. The van der Waals surface area contributed by atoms with E-state index in [2.05, 4.69) is 15.5 Å². The van der Waals surface area contributed by atoms with Crippen LogP contribution in [-0.2, 0) is 11.3 Å². The van der Waals surface area contributed by atoms with Gasteiger partial charge in [-0.05, 0) is 48.7 Å². The predicted molar refractivity (Wildman–Crippen MR) is 103 cm³/mol. The van der Waals surface area contributed by atoms with E-state index in [4.69, 9.17) is 4.74 Å². The lowest BCUT2D eigenvalue weighted by Crippen LogP contribution is -2.44. The number of nitrogens with one attached hydrogen (secondary N) is 2. The van der Waals surface area contributed by atoms with Crippen LogP contribution in [0, 0.1) is 11.6 Å². The van der Waals surface area contributed by atoms with Crippen LogP contribution in [-0.4, -0.2) is 42.5 Å². The monoisotopic (exact) mass is 401 g/mol. The van der Waals surface area contributed by atoms with Gasteiger partial charge in [0.1, 0.15) is 5.75 Å². The van der Waals surface area contributed by atoms with Gasteiger partial charge in [-0.2, -0.15) is 0 Å². The second kappa shape index (κ2) is 8.16. The third kappa shape index (κ3) is 4.54. The Morgan fingerprint density at radius 2 is 1.93 bits per heavy atom. The Balaban J connectivity index is 1.29. The van der Waals surface area contributed by atoms with Crippen molar-refractivity contribution < 1.29 is 23.1 Å². The van der Waals surface area contributed by atoms with E-state index in [0.29, 0.717) is 23.5 Å².